The van der Waals surface area contributed by atoms with E-state index in [1.165, 1.54) is 6.42 Å². The second kappa shape index (κ2) is 8.78. The lowest BCUT2D eigenvalue weighted by Crippen LogP contribution is -2.35. The highest BCUT2D eigenvalue weighted by Crippen LogP contribution is 2.30. The van der Waals surface area contributed by atoms with Crippen molar-refractivity contribution in [3.05, 3.63) is 59.0 Å². The number of nitrogens with one attached hydrogen (secondary N) is 1. The number of benzene rings is 1. The molecular formula is C23H25ClN4O. The normalized spacial score (nSPS) is 14.2. The van der Waals surface area contributed by atoms with Gasteiger partial charge in [0.25, 0.3) is 5.91 Å². The van der Waals surface area contributed by atoms with Crippen molar-refractivity contribution in [2.75, 3.05) is 13.1 Å². The maximum absolute atomic E-state index is 12.7. The van der Waals surface area contributed by atoms with E-state index in [1.54, 1.807) is 6.07 Å². The number of piperidine rings is 1. The van der Waals surface area contributed by atoms with Gasteiger partial charge in [0.15, 0.2) is 0 Å². The Bertz CT molecular complexity index is 1010. The molecule has 0 atom stereocenters. The summed E-state index contributed by atoms with van der Waals surface area (Å²) in [6, 6.07) is 9.50. The molecule has 1 aliphatic rings. The Balaban J connectivity index is 1.56. The number of pyridine rings is 1. The summed E-state index contributed by atoms with van der Waals surface area (Å²) in [7, 11) is 0. The van der Waals surface area contributed by atoms with Crippen molar-refractivity contribution in [2.24, 2.45) is 0 Å². The highest BCUT2D eigenvalue weighted by molar-refractivity contribution is 6.33. The van der Waals surface area contributed by atoms with E-state index in [0.29, 0.717) is 10.6 Å². The van der Waals surface area contributed by atoms with Gasteiger partial charge in [-0.1, -0.05) is 31.0 Å². The molecule has 150 valence electrons. The Labute approximate surface area is 176 Å². The molecule has 29 heavy (non-hydrogen) atoms. The van der Waals surface area contributed by atoms with Crippen LogP contribution in [0.4, 0.5) is 0 Å². The topological polar surface area (TPSA) is 61.9 Å². The van der Waals surface area contributed by atoms with Gasteiger partial charge in [-0.25, -0.2) is 4.98 Å². The van der Waals surface area contributed by atoms with Crippen LogP contribution in [0.3, 0.4) is 0 Å². The van der Waals surface area contributed by atoms with Gasteiger partial charge < -0.3 is 9.88 Å². The monoisotopic (exact) mass is 408 g/mol. The van der Waals surface area contributed by atoms with E-state index in [9.17, 15) is 4.79 Å². The van der Waals surface area contributed by atoms with Crippen LogP contribution in [0.2, 0.25) is 5.02 Å². The summed E-state index contributed by atoms with van der Waals surface area (Å²) in [5, 5.41) is 0.535. The number of rotatable bonds is 5. The van der Waals surface area contributed by atoms with Gasteiger partial charge in [-0.3, -0.25) is 9.78 Å². The third-order valence-corrected chi connectivity index (χ3v) is 5.62. The molecule has 0 aliphatic carbocycles. The number of carbonyl (C=O) groups excluding carboxylic acids is 1. The maximum atomic E-state index is 12.7. The minimum absolute atomic E-state index is 0.0566. The molecule has 2 aromatic heterocycles. The second-order valence-corrected chi connectivity index (χ2v) is 7.87. The van der Waals surface area contributed by atoms with Gasteiger partial charge in [0, 0.05) is 47.9 Å². The molecule has 5 nitrogen and oxygen atoms in total. The van der Waals surface area contributed by atoms with E-state index in [-0.39, 0.29) is 5.91 Å². The van der Waals surface area contributed by atoms with Crippen LogP contribution in [0.5, 0.6) is 0 Å². The number of aromatic nitrogens is 3. The van der Waals surface area contributed by atoms with Crippen molar-refractivity contribution >= 4 is 17.5 Å². The first-order valence-corrected chi connectivity index (χ1v) is 10.6. The first kappa shape index (κ1) is 19.6. The van der Waals surface area contributed by atoms with E-state index in [1.807, 2.05) is 35.5 Å². The van der Waals surface area contributed by atoms with E-state index in [4.69, 9.17) is 16.6 Å². The molecule has 0 bridgehead atoms. The van der Waals surface area contributed by atoms with Crippen molar-refractivity contribution in [2.45, 2.75) is 39.0 Å². The lowest BCUT2D eigenvalue weighted by Gasteiger charge is -2.26. The highest BCUT2D eigenvalue weighted by Gasteiger charge is 2.19. The molecule has 0 spiro atoms. The average molecular weight is 409 g/mol. The standard InChI is InChI=1S/C23H25ClN4O/c1-2-6-18-13-16(9-10-25-18)22-26-15-21(27-22)19-8-7-17(14-20(19)24)23(29)28-11-4-3-5-12-28/h7-10,13-15H,2-6,11-12H2,1H3,(H,26,27). The molecular weight excluding hydrogens is 384 g/mol. The number of imidazole rings is 1. The molecule has 1 aromatic carbocycles. The van der Waals surface area contributed by atoms with Crippen molar-refractivity contribution in [3.8, 4) is 22.6 Å². The number of H-pyrrole nitrogens is 1. The Hall–Kier alpha value is -2.66. The van der Waals surface area contributed by atoms with Gasteiger partial charge in [-0.15, -0.1) is 0 Å². The summed E-state index contributed by atoms with van der Waals surface area (Å²) in [6.45, 7) is 3.79. The van der Waals surface area contributed by atoms with Crippen LogP contribution < -0.4 is 0 Å². The average Bonchev–Trinajstić information content (AvgIpc) is 3.24. The van der Waals surface area contributed by atoms with Crippen LogP contribution in [0.25, 0.3) is 22.6 Å². The number of hydrogen-bond donors (Lipinski definition) is 1. The zero-order valence-corrected chi connectivity index (χ0v) is 17.4. The first-order chi connectivity index (χ1) is 14.2. The highest BCUT2D eigenvalue weighted by atomic mass is 35.5. The summed E-state index contributed by atoms with van der Waals surface area (Å²) in [4.78, 5) is 27.0. The third-order valence-electron chi connectivity index (χ3n) is 5.31. The number of likely N-dealkylation sites (tertiary alicyclic amines) is 1. The predicted molar refractivity (Wildman–Crippen MR) is 116 cm³/mol. The Morgan fingerprint density at radius 3 is 2.76 bits per heavy atom. The fourth-order valence-corrected chi connectivity index (χ4v) is 4.04. The quantitative estimate of drug-likeness (QED) is 0.617. The lowest BCUT2D eigenvalue weighted by atomic mass is 10.1. The van der Waals surface area contributed by atoms with Crippen LogP contribution >= 0.6 is 11.6 Å². The summed E-state index contributed by atoms with van der Waals surface area (Å²) >= 11 is 6.53. The fourth-order valence-electron chi connectivity index (χ4n) is 3.76. The number of amides is 1. The summed E-state index contributed by atoms with van der Waals surface area (Å²) < 4.78 is 0. The van der Waals surface area contributed by atoms with Crippen LogP contribution in [0.15, 0.2) is 42.7 Å². The molecule has 1 fully saturated rings. The van der Waals surface area contributed by atoms with Gasteiger partial charge >= 0.3 is 0 Å². The summed E-state index contributed by atoms with van der Waals surface area (Å²) in [5.74, 6) is 0.838. The van der Waals surface area contributed by atoms with Crippen molar-refractivity contribution < 1.29 is 4.79 Å². The van der Waals surface area contributed by atoms with Gasteiger partial charge in [-0.2, -0.15) is 0 Å². The van der Waals surface area contributed by atoms with Crippen LogP contribution in [-0.2, 0) is 6.42 Å². The molecule has 1 saturated heterocycles. The van der Waals surface area contributed by atoms with Gasteiger partial charge in [-0.05, 0) is 49.9 Å². The Morgan fingerprint density at radius 2 is 2.00 bits per heavy atom. The number of hydrogen-bond acceptors (Lipinski definition) is 3. The zero-order valence-electron chi connectivity index (χ0n) is 16.6. The fraction of sp³-hybridized carbons (Fsp3) is 0.348. The van der Waals surface area contributed by atoms with Gasteiger partial charge in [0.05, 0.1) is 10.7 Å². The van der Waals surface area contributed by atoms with Crippen LogP contribution in [-0.4, -0.2) is 38.8 Å². The van der Waals surface area contributed by atoms with Crippen molar-refractivity contribution in [1.29, 1.82) is 0 Å². The number of nitrogens with zero attached hydrogens (tertiary/aromatic N) is 3. The van der Waals surface area contributed by atoms with Crippen LogP contribution in [0.1, 0.15) is 48.7 Å². The van der Waals surface area contributed by atoms with Crippen LogP contribution in [0, 0.1) is 0 Å². The number of carbonyl (C=O) groups is 1. The van der Waals surface area contributed by atoms with E-state index < -0.39 is 0 Å². The number of aryl methyl sites for hydroxylation is 1. The smallest absolute Gasteiger partial charge is 0.253 e. The van der Waals surface area contributed by atoms with E-state index in [0.717, 1.165) is 67.1 Å². The SMILES string of the molecule is CCCc1cc(-c2nc(-c3ccc(C(=O)N4CCCCC4)cc3Cl)c[nH]2)ccn1. The zero-order chi connectivity index (χ0) is 20.2. The molecule has 6 heteroatoms. The molecule has 1 N–H and O–H groups in total. The van der Waals surface area contributed by atoms with Crippen molar-refractivity contribution in [1.82, 2.24) is 19.9 Å². The summed E-state index contributed by atoms with van der Waals surface area (Å²) in [6.07, 6.45) is 9.00. The molecule has 1 amide bonds. The minimum Gasteiger partial charge on any atom is -0.344 e. The molecule has 0 unspecified atom stereocenters. The summed E-state index contributed by atoms with van der Waals surface area (Å²) in [5.41, 5.74) is 4.27. The maximum Gasteiger partial charge on any atom is 0.253 e. The van der Waals surface area contributed by atoms with E-state index in [2.05, 4.69) is 23.0 Å². The third kappa shape index (κ3) is 4.35. The van der Waals surface area contributed by atoms with Gasteiger partial charge in [0.2, 0.25) is 0 Å². The predicted octanol–water partition coefficient (Wildman–Crippen LogP) is 5.37. The second-order valence-electron chi connectivity index (χ2n) is 7.47. The first-order valence-electron chi connectivity index (χ1n) is 10.3. The minimum atomic E-state index is 0.0566. The molecule has 0 radical (unpaired) electrons. The Morgan fingerprint density at radius 1 is 1.17 bits per heavy atom. The van der Waals surface area contributed by atoms with Crippen molar-refractivity contribution in [3.63, 3.8) is 0 Å². The molecule has 4 rings (SSSR count). The molecule has 3 aromatic rings. The number of halogens is 1. The molecule has 3 heterocycles. The number of aromatic amines is 1. The Kier molecular flexibility index (Phi) is 5.95. The largest absolute Gasteiger partial charge is 0.344 e. The van der Waals surface area contributed by atoms with E-state index >= 15 is 0 Å². The lowest BCUT2D eigenvalue weighted by molar-refractivity contribution is 0.0724. The molecule has 1 aliphatic heterocycles. The molecule has 0 saturated carbocycles. The van der Waals surface area contributed by atoms with Gasteiger partial charge in [0.1, 0.15) is 5.82 Å².